The Bertz CT molecular complexity index is 1160. The van der Waals surface area contributed by atoms with Crippen LogP contribution >= 0.6 is 11.3 Å². The molecular weight excluding hydrogens is 386 g/mol. The third-order valence-corrected chi connectivity index (χ3v) is 7.26. The van der Waals surface area contributed by atoms with Gasteiger partial charge in [-0.1, -0.05) is 6.07 Å². The number of ketones is 1. The van der Waals surface area contributed by atoms with E-state index in [1.54, 1.807) is 0 Å². The van der Waals surface area contributed by atoms with Gasteiger partial charge in [-0.3, -0.25) is 9.59 Å². The summed E-state index contributed by atoms with van der Waals surface area (Å²) in [5.74, 6) is 0.963. The number of carbonyl (C=O) groups is 1. The molecule has 7 heteroatoms. The number of hydrogen-bond acceptors (Lipinski definition) is 6. The number of nitrogens with one attached hydrogen (secondary N) is 2. The third kappa shape index (κ3) is 3.22. The number of thiazole rings is 1. The number of fused-ring (bicyclic) bond motifs is 1. The van der Waals surface area contributed by atoms with Crippen LogP contribution in [0.2, 0.25) is 0 Å². The number of ether oxygens (including phenoxy) is 1. The number of Topliss-reactive ketones (excluding diaryl/α,β-unsaturated/α-hetero) is 1. The van der Waals surface area contributed by atoms with Crippen molar-refractivity contribution in [1.29, 1.82) is 0 Å². The molecule has 0 atom stereocenters. The highest BCUT2D eigenvalue weighted by Crippen LogP contribution is 2.38. The summed E-state index contributed by atoms with van der Waals surface area (Å²) in [5, 5.41) is 3.20. The standard InChI is InChI=1S/C22H25N3O3S/c1-22(2)19(26)15(12-23-22)21-24-20(27)18(29-21)11-13-6-7-17-16(10-13)25(8-9-28-17)14-4-3-5-14/h6-7,10-11,14,23H,3-5,8-9,12H2,1-2H3,(H,24,27)/b18-11-,21-15+. The maximum absolute atomic E-state index is 12.6. The van der Waals surface area contributed by atoms with E-state index in [2.05, 4.69) is 21.3 Å². The van der Waals surface area contributed by atoms with Crippen LogP contribution in [0.4, 0.5) is 5.69 Å². The van der Waals surface area contributed by atoms with Crippen molar-refractivity contribution in [1.82, 2.24) is 10.3 Å². The summed E-state index contributed by atoms with van der Waals surface area (Å²) < 4.78 is 7.10. The van der Waals surface area contributed by atoms with E-state index in [9.17, 15) is 9.59 Å². The maximum Gasteiger partial charge on any atom is 0.266 e. The van der Waals surface area contributed by atoms with Crippen molar-refractivity contribution in [2.75, 3.05) is 24.6 Å². The fourth-order valence-corrected chi connectivity index (χ4v) is 5.17. The van der Waals surface area contributed by atoms with Gasteiger partial charge in [0, 0.05) is 18.2 Å². The molecule has 5 rings (SSSR count). The number of hydrogen-bond donors (Lipinski definition) is 2. The Morgan fingerprint density at radius 3 is 2.79 bits per heavy atom. The van der Waals surface area contributed by atoms with Gasteiger partial charge < -0.3 is 19.9 Å². The molecule has 6 nitrogen and oxygen atoms in total. The van der Waals surface area contributed by atoms with Crippen molar-refractivity contribution < 1.29 is 9.53 Å². The summed E-state index contributed by atoms with van der Waals surface area (Å²) in [5.41, 5.74) is 2.02. The minimum absolute atomic E-state index is 0.0450. The van der Waals surface area contributed by atoms with Crippen LogP contribution in [0, 0.1) is 0 Å². The molecule has 152 valence electrons. The zero-order valence-electron chi connectivity index (χ0n) is 16.7. The van der Waals surface area contributed by atoms with Crippen LogP contribution in [0.3, 0.4) is 0 Å². The molecule has 3 aliphatic rings. The van der Waals surface area contributed by atoms with Crippen molar-refractivity contribution in [3.63, 3.8) is 0 Å². The molecule has 1 aliphatic carbocycles. The molecule has 2 fully saturated rings. The lowest BCUT2D eigenvalue weighted by atomic mass is 9.90. The first-order valence-corrected chi connectivity index (χ1v) is 11.0. The van der Waals surface area contributed by atoms with Gasteiger partial charge in [0.05, 0.1) is 22.3 Å². The van der Waals surface area contributed by atoms with E-state index in [-0.39, 0.29) is 11.3 Å². The smallest absolute Gasteiger partial charge is 0.266 e. The van der Waals surface area contributed by atoms with Gasteiger partial charge in [0.2, 0.25) is 0 Å². The predicted molar refractivity (Wildman–Crippen MR) is 115 cm³/mol. The fourth-order valence-electron chi connectivity index (χ4n) is 4.18. The summed E-state index contributed by atoms with van der Waals surface area (Å²) in [6.07, 6.45) is 5.66. The van der Waals surface area contributed by atoms with Crippen LogP contribution in [-0.2, 0) is 4.79 Å². The lowest BCUT2D eigenvalue weighted by molar-refractivity contribution is -0.117. The molecule has 29 heavy (non-hydrogen) atoms. The molecule has 0 radical (unpaired) electrons. The molecule has 0 unspecified atom stereocenters. The molecule has 1 saturated heterocycles. The monoisotopic (exact) mass is 411 g/mol. The second-order valence-electron chi connectivity index (χ2n) is 8.53. The van der Waals surface area contributed by atoms with Crippen LogP contribution < -0.4 is 29.7 Å². The Labute approximate surface area is 172 Å². The number of aromatic amines is 1. The first-order valence-electron chi connectivity index (χ1n) is 10.2. The molecule has 3 heterocycles. The minimum atomic E-state index is -0.580. The Morgan fingerprint density at radius 2 is 2.10 bits per heavy atom. The average Bonchev–Trinajstić information content (AvgIpc) is 3.13. The van der Waals surface area contributed by atoms with E-state index in [4.69, 9.17) is 4.74 Å². The summed E-state index contributed by atoms with van der Waals surface area (Å²) in [4.78, 5) is 30.4. The van der Waals surface area contributed by atoms with E-state index in [1.807, 2.05) is 32.1 Å². The van der Waals surface area contributed by atoms with Gasteiger partial charge in [-0.2, -0.15) is 0 Å². The quantitative estimate of drug-likeness (QED) is 0.775. The highest BCUT2D eigenvalue weighted by Gasteiger charge is 2.37. The summed E-state index contributed by atoms with van der Waals surface area (Å²) in [6, 6.07) is 6.70. The molecule has 0 amide bonds. The number of rotatable bonds is 2. The fraction of sp³-hybridized carbons (Fsp3) is 0.455. The van der Waals surface area contributed by atoms with Gasteiger partial charge in [-0.25, -0.2) is 0 Å². The number of anilines is 1. The molecule has 1 aromatic carbocycles. The molecule has 0 spiro atoms. The Balaban J connectivity index is 1.55. The lowest BCUT2D eigenvalue weighted by Crippen LogP contribution is -2.44. The largest absolute Gasteiger partial charge is 0.490 e. The molecule has 1 saturated carbocycles. The number of nitrogens with zero attached hydrogens (tertiary/aromatic N) is 1. The van der Waals surface area contributed by atoms with Crippen molar-refractivity contribution in [3.05, 3.63) is 43.3 Å². The summed E-state index contributed by atoms with van der Waals surface area (Å²) in [6.45, 7) is 5.84. The topological polar surface area (TPSA) is 74.4 Å². The van der Waals surface area contributed by atoms with Crippen LogP contribution in [0.1, 0.15) is 38.7 Å². The van der Waals surface area contributed by atoms with Gasteiger partial charge in [0.25, 0.3) is 5.56 Å². The predicted octanol–water partition coefficient (Wildman–Crippen LogP) is 1.12. The maximum atomic E-state index is 12.6. The lowest BCUT2D eigenvalue weighted by Gasteiger charge is -2.42. The van der Waals surface area contributed by atoms with E-state index < -0.39 is 5.54 Å². The number of carbonyl (C=O) groups excluding carboxylic acids is 1. The molecule has 1 aromatic heterocycles. The molecule has 2 N–H and O–H groups in total. The second kappa shape index (κ2) is 6.85. The van der Waals surface area contributed by atoms with Gasteiger partial charge in [0.1, 0.15) is 17.0 Å². The van der Waals surface area contributed by atoms with Crippen LogP contribution in [0.5, 0.6) is 5.75 Å². The zero-order chi connectivity index (χ0) is 20.2. The van der Waals surface area contributed by atoms with Gasteiger partial charge >= 0.3 is 0 Å². The molecule has 2 aliphatic heterocycles. The number of benzene rings is 1. The number of aromatic nitrogens is 1. The van der Waals surface area contributed by atoms with Crippen LogP contribution in [-0.4, -0.2) is 42.0 Å². The van der Waals surface area contributed by atoms with E-state index in [0.717, 1.165) is 30.2 Å². The van der Waals surface area contributed by atoms with Gasteiger partial charge in [-0.15, -0.1) is 11.3 Å². The van der Waals surface area contributed by atoms with E-state index >= 15 is 0 Å². The van der Waals surface area contributed by atoms with Crippen molar-refractivity contribution in [2.24, 2.45) is 0 Å². The Morgan fingerprint density at radius 1 is 1.28 bits per heavy atom. The van der Waals surface area contributed by atoms with E-state index in [1.165, 1.54) is 30.6 Å². The third-order valence-electron chi connectivity index (χ3n) is 6.18. The number of H-pyrrole nitrogens is 1. The van der Waals surface area contributed by atoms with Crippen LogP contribution in [0.15, 0.2) is 23.0 Å². The minimum Gasteiger partial charge on any atom is -0.490 e. The molecule has 0 bridgehead atoms. The molecular formula is C22H25N3O3S. The molecule has 2 aromatic rings. The van der Waals surface area contributed by atoms with Crippen molar-refractivity contribution in [3.8, 4) is 5.75 Å². The summed E-state index contributed by atoms with van der Waals surface area (Å²) >= 11 is 1.35. The van der Waals surface area contributed by atoms with Gasteiger partial charge in [0.15, 0.2) is 5.78 Å². The Hall–Kier alpha value is -2.38. The highest BCUT2D eigenvalue weighted by atomic mass is 32.1. The first kappa shape index (κ1) is 18.6. The van der Waals surface area contributed by atoms with Crippen molar-refractivity contribution >= 4 is 34.5 Å². The normalized spacial score (nSPS) is 23.7. The van der Waals surface area contributed by atoms with E-state index in [0.29, 0.717) is 27.4 Å². The summed E-state index contributed by atoms with van der Waals surface area (Å²) in [7, 11) is 0. The van der Waals surface area contributed by atoms with Crippen molar-refractivity contribution in [2.45, 2.75) is 44.7 Å². The highest BCUT2D eigenvalue weighted by molar-refractivity contribution is 7.07. The average molecular weight is 412 g/mol. The SMILES string of the molecule is CC1(C)NC/C(=c2/[nH]c(=O)/c(=C/c3ccc4c(c3)N(C3CCC3)CCO4)s2)C1=O. The van der Waals surface area contributed by atoms with Crippen LogP contribution in [0.25, 0.3) is 11.6 Å². The first-order chi connectivity index (χ1) is 13.9. The van der Waals surface area contributed by atoms with Gasteiger partial charge in [-0.05, 0) is 56.9 Å². The second-order valence-corrected chi connectivity index (χ2v) is 9.59. The zero-order valence-corrected chi connectivity index (χ0v) is 17.5. The Kier molecular flexibility index (Phi) is 4.40.